The van der Waals surface area contributed by atoms with Crippen molar-refractivity contribution in [3.8, 4) is 6.19 Å². The summed E-state index contributed by atoms with van der Waals surface area (Å²) in [5.41, 5.74) is 11.1. The van der Waals surface area contributed by atoms with Crippen LogP contribution in [0.1, 0.15) is 102 Å². The lowest BCUT2D eigenvalue weighted by Gasteiger charge is -2.34. The van der Waals surface area contributed by atoms with Crippen LogP contribution in [0.25, 0.3) is 0 Å². The van der Waals surface area contributed by atoms with E-state index in [0.29, 0.717) is 26.2 Å². The zero-order valence-corrected chi connectivity index (χ0v) is 41.3. The van der Waals surface area contributed by atoms with Crippen molar-refractivity contribution in [2.24, 2.45) is 5.73 Å². The molecular weight excluding hydrogens is 871 g/mol. The second-order valence-electron chi connectivity index (χ2n) is 19.9. The van der Waals surface area contributed by atoms with E-state index >= 15 is 0 Å². The Bertz CT molecular complexity index is 2290. The Hall–Kier alpha value is -6.79. The predicted molar refractivity (Wildman–Crippen MR) is 272 cm³/mol. The van der Waals surface area contributed by atoms with Gasteiger partial charge in [-0.25, -0.2) is 19.2 Å². The normalized spacial score (nSPS) is 18.1. The molecule has 3 atom stereocenters. The van der Waals surface area contributed by atoms with E-state index in [2.05, 4.69) is 63.9 Å². The van der Waals surface area contributed by atoms with Crippen LogP contribution < -0.4 is 27.0 Å². The number of hydrogen-bond donors (Lipinski definition) is 5. The number of nitriles is 1. The number of urea groups is 2. The monoisotopic (exact) mass is 944 g/mol. The number of ether oxygens (including phenoxy) is 2. The molecule has 4 aromatic carbocycles. The molecule has 3 unspecified atom stereocenters. The minimum Gasteiger partial charge on any atom is -0.444 e. The Morgan fingerprint density at radius 1 is 0.580 bits per heavy atom. The van der Waals surface area contributed by atoms with Crippen molar-refractivity contribution in [1.82, 2.24) is 25.3 Å². The summed E-state index contributed by atoms with van der Waals surface area (Å²) in [5.74, 6) is 0. The summed E-state index contributed by atoms with van der Waals surface area (Å²) in [6, 6.07) is 35.8. The quantitative estimate of drug-likeness (QED) is 0.107. The van der Waals surface area contributed by atoms with E-state index < -0.39 is 11.2 Å². The molecule has 370 valence electrons. The fourth-order valence-electron chi connectivity index (χ4n) is 8.16. The average molecular weight is 944 g/mol. The second-order valence-corrected chi connectivity index (χ2v) is 19.9. The van der Waals surface area contributed by atoms with Gasteiger partial charge in [-0.05, 0) is 139 Å². The van der Waals surface area contributed by atoms with Crippen molar-refractivity contribution < 1.29 is 28.7 Å². The lowest BCUT2D eigenvalue weighted by atomic mass is 10.0. The van der Waals surface area contributed by atoms with Crippen molar-refractivity contribution in [3.05, 3.63) is 131 Å². The maximum atomic E-state index is 12.5. The summed E-state index contributed by atoms with van der Waals surface area (Å²) < 4.78 is 10.7. The number of nitrogens with two attached hydrogens (primary N) is 1. The van der Waals surface area contributed by atoms with Crippen LogP contribution in [0.15, 0.2) is 109 Å². The minimum atomic E-state index is -0.528. The first-order valence-corrected chi connectivity index (χ1v) is 24.2. The third-order valence-electron chi connectivity index (χ3n) is 11.3. The van der Waals surface area contributed by atoms with Crippen LogP contribution in [-0.4, -0.2) is 108 Å². The summed E-state index contributed by atoms with van der Waals surface area (Å²) in [6.45, 7) is 15.0. The van der Waals surface area contributed by atoms with Crippen LogP contribution in [0, 0.1) is 11.5 Å². The molecular formula is C54H73N9O6. The number of likely N-dealkylation sites (tertiary alicyclic amines) is 3. The van der Waals surface area contributed by atoms with E-state index in [1.165, 1.54) is 11.1 Å². The van der Waals surface area contributed by atoms with Gasteiger partial charge in [0.15, 0.2) is 6.19 Å². The molecule has 3 aliphatic heterocycles. The number of nitrogens with one attached hydrogen (secondary N) is 4. The molecule has 4 aromatic rings. The molecule has 0 saturated carbocycles. The maximum absolute atomic E-state index is 12.5. The van der Waals surface area contributed by atoms with E-state index in [9.17, 15) is 19.2 Å². The van der Waals surface area contributed by atoms with Crippen molar-refractivity contribution in [2.75, 3.05) is 49.9 Å². The minimum absolute atomic E-state index is 0.0147. The van der Waals surface area contributed by atoms with Gasteiger partial charge in [0.25, 0.3) is 0 Å². The Morgan fingerprint density at radius 2 is 1.00 bits per heavy atom. The number of anilines is 2. The van der Waals surface area contributed by atoms with Crippen molar-refractivity contribution in [2.45, 2.75) is 122 Å². The van der Waals surface area contributed by atoms with Gasteiger partial charge in [-0.15, -0.1) is 0 Å². The summed E-state index contributed by atoms with van der Waals surface area (Å²) in [7, 11) is 0. The number of carbonyl (C=O) groups is 4. The molecule has 3 fully saturated rings. The van der Waals surface area contributed by atoms with Gasteiger partial charge >= 0.3 is 24.2 Å². The van der Waals surface area contributed by atoms with E-state index in [0.717, 1.165) is 87.0 Å². The first-order valence-electron chi connectivity index (χ1n) is 24.2. The van der Waals surface area contributed by atoms with E-state index in [4.69, 9.17) is 20.5 Å². The Labute approximate surface area is 409 Å². The number of piperidine rings is 3. The molecule has 15 nitrogen and oxygen atoms in total. The Balaban J connectivity index is 0.000000205. The standard InChI is InChI=1S/C24H31N3O3.C20H22N4O.C10H20N2O2/c1-24(2,3)30-23(29)27-14-8-13-21(17-27)26-22(28)25-20-12-7-11-19(16-20)15-18-9-5-4-6-10-18;21-15-24-11-5-10-19(14-24)23-20(25)22-18-9-4-8-17(13-18)12-16-6-2-1-3-7-16;1-10(2,3)14-9(13)12-6-4-5-8(11)7-12/h4-7,9-12,16,21H,8,13-15,17H2,1-3H3,(H2,25,26,28);1-4,6-9,13,19H,5,10-12,14H2,(H2,22,23,25);8H,4-7,11H2,1-3H3. The second kappa shape index (κ2) is 26.1. The fourth-order valence-corrected chi connectivity index (χ4v) is 8.16. The summed E-state index contributed by atoms with van der Waals surface area (Å²) in [6.07, 6.45) is 8.68. The van der Waals surface area contributed by atoms with Crippen LogP contribution >= 0.6 is 0 Å². The molecule has 0 aliphatic carbocycles. The van der Waals surface area contributed by atoms with Crippen LogP contribution in [0.5, 0.6) is 0 Å². The smallest absolute Gasteiger partial charge is 0.410 e. The number of benzene rings is 4. The van der Waals surface area contributed by atoms with Gasteiger partial charge in [-0.2, -0.15) is 5.26 Å². The molecule has 3 aliphatic rings. The molecule has 6 N–H and O–H groups in total. The average Bonchev–Trinajstić information content (AvgIpc) is 3.29. The van der Waals surface area contributed by atoms with Gasteiger partial charge in [-0.1, -0.05) is 84.9 Å². The fraction of sp³-hybridized carbons (Fsp3) is 0.463. The maximum Gasteiger partial charge on any atom is 0.410 e. The highest BCUT2D eigenvalue weighted by Gasteiger charge is 2.29. The van der Waals surface area contributed by atoms with Gasteiger partial charge in [0, 0.05) is 68.8 Å². The predicted octanol–water partition coefficient (Wildman–Crippen LogP) is 9.49. The number of rotatable bonds is 8. The first kappa shape index (κ1) is 53.2. The zero-order valence-electron chi connectivity index (χ0n) is 41.3. The highest BCUT2D eigenvalue weighted by molar-refractivity contribution is 5.90. The van der Waals surface area contributed by atoms with Crippen LogP contribution in [0.4, 0.5) is 30.6 Å². The number of nitrogens with zero attached hydrogens (tertiary/aromatic N) is 4. The lowest BCUT2D eigenvalue weighted by Crippen LogP contribution is -2.51. The van der Waals surface area contributed by atoms with Gasteiger partial charge in [0.1, 0.15) is 11.2 Å². The Kier molecular flexibility index (Phi) is 20.1. The SMILES string of the molecule is CC(C)(C)OC(=O)N1CCCC(N)C1.CC(C)(C)OC(=O)N1CCCC(NC(=O)Nc2cccc(Cc3ccccc3)c2)C1.N#CN1CCCC(NC(=O)Nc2cccc(Cc3ccccc3)c2)C1. The van der Waals surface area contributed by atoms with Gasteiger partial charge < -0.3 is 51.2 Å². The van der Waals surface area contributed by atoms with Crippen molar-refractivity contribution >= 4 is 35.6 Å². The lowest BCUT2D eigenvalue weighted by molar-refractivity contribution is 0.0185. The first-order chi connectivity index (χ1) is 32.9. The third-order valence-corrected chi connectivity index (χ3v) is 11.3. The van der Waals surface area contributed by atoms with E-state index in [-0.39, 0.29) is 42.4 Å². The molecule has 0 spiro atoms. The van der Waals surface area contributed by atoms with Crippen LogP contribution in [-0.2, 0) is 22.3 Å². The highest BCUT2D eigenvalue weighted by Crippen LogP contribution is 2.19. The topological polar surface area (TPSA) is 194 Å². The third kappa shape index (κ3) is 20.1. The summed E-state index contributed by atoms with van der Waals surface area (Å²) in [4.78, 5) is 53.7. The van der Waals surface area contributed by atoms with Gasteiger partial charge in [0.2, 0.25) is 0 Å². The number of carbonyl (C=O) groups excluding carboxylic acids is 4. The van der Waals surface area contributed by atoms with Gasteiger partial charge in [-0.3, -0.25) is 0 Å². The van der Waals surface area contributed by atoms with Crippen LogP contribution in [0.3, 0.4) is 0 Å². The molecule has 15 heteroatoms. The van der Waals surface area contributed by atoms with Gasteiger partial charge in [0.05, 0.1) is 0 Å². The Morgan fingerprint density at radius 3 is 1.45 bits per heavy atom. The van der Waals surface area contributed by atoms with E-state index in [1.54, 1.807) is 14.7 Å². The van der Waals surface area contributed by atoms with E-state index in [1.807, 2.05) is 114 Å². The largest absolute Gasteiger partial charge is 0.444 e. The van der Waals surface area contributed by atoms with Crippen molar-refractivity contribution in [3.63, 3.8) is 0 Å². The molecule has 0 bridgehead atoms. The molecule has 7 rings (SSSR count). The van der Waals surface area contributed by atoms with Crippen molar-refractivity contribution in [1.29, 1.82) is 5.26 Å². The molecule has 3 saturated heterocycles. The number of amides is 6. The molecule has 0 radical (unpaired) electrons. The van der Waals surface area contributed by atoms with Crippen LogP contribution in [0.2, 0.25) is 0 Å². The molecule has 0 aromatic heterocycles. The molecule has 69 heavy (non-hydrogen) atoms. The summed E-state index contributed by atoms with van der Waals surface area (Å²) >= 11 is 0. The highest BCUT2D eigenvalue weighted by atomic mass is 16.6. The summed E-state index contributed by atoms with van der Waals surface area (Å²) in [5, 5.41) is 20.7. The molecule has 3 heterocycles. The zero-order chi connectivity index (χ0) is 49.8. The number of hydrogen-bond acceptors (Lipinski definition) is 9. The molecule has 6 amide bonds.